The fourth-order valence-corrected chi connectivity index (χ4v) is 3.68. The highest BCUT2D eigenvalue weighted by Gasteiger charge is 2.36. The molecule has 0 amide bonds. The maximum absolute atomic E-state index is 12.7. The maximum atomic E-state index is 12.7. The molecule has 0 saturated heterocycles. The summed E-state index contributed by atoms with van der Waals surface area (Å²) in [5.74, 6) is -0.792. The Hall–Kier alpha value is -3.60. The molecular formula is C25H35N3O8. The second-order valence-corrected chi connectivity index (χ2v) is 9.60. The first-order chi connectivity index (χ1) is 16.8. The van der Waals surface area contributed by atoms with Crippen LogP contribution in [0.5, 0.6) is 0 Å². The Morgan fingerprint density at radius 2 is 1.75 bits per heavy atom. The average Bonchev–Trinajstić information content (AvgIpc) is 2.79. The Morgan fingerprint density at radius 1 is 1.14 bits per heavy atom. The van der Waals surface area contributed by atoms with E-state index in [1.54, 1.807) is 33.8 Å². The van der Waals surface area contributed by atoms with Crippen LogP contribution in [0, 0.1) is 15.5 Å². The van der Waals surface area contributed by atoms with Crippen LogP contribution in [-0.4, -0.2) is 36.5 Å². The zero-order chi connectivity index (χ0) is 27.0. The number of hydrogen-bond acceptors (Lipinski definition) is 10. The number of allylic oxidation sites excluding steroid dienone is 2. The van der Waals surface area contributed by atoms with Gasteiger partial charge in [-0.3, -0.25) is 10.1 Å². The van der Waals surface area contributed by atoms with Crippen molar-refractivity contribution in [3.8, 4) is 0 Å². The third kappa shape index (κ3) is 7.98. The highest BCUT2D eigenvalue weighted by atomic mass is 16.7. The van der Waals surface area contributed by atoms with E-state index in [-0.39, 0.29) is 29.2 Å². The van der Waals surface area contributed by atoms with Gasteiger partial charge >= 0.3 is 12.3 Å². The normalized spacial score (nSPS) is 15.9. The van der Waals surface area contributed by atoms with Crippen molar-refractivity contribution in [2.75, 3.05) is 13.2 Å². The SMILES string of the molecule is CC1=C(OC(=O)OCC(C)(C)CCCN)C(c2cccc([N+](=O)[O-])c2)C(OC(=O)OC(C)C)=C(C)N1. The predicted molar refractivity (Wildman–Crippen MR) is 132 cm³/mol. The zero-order valence-corrected chi connectivity index (χ0v) is 21.6. The molecule has 198 valence electrons. The lowest BCUT2D eigenvalue weighted by atomic mass is 9.89. The smallest absolute Gasteiger partial charge is 0.433 e. The Kier molecular flexibility index (Phi) is 9.85. The van der Waals surface area contributed by atoms with Gasteiger partial charge in [0.15, 0.2) is 0 Å². The van der Waals surface area contributed by atoms with Gasteiger partial charge in [-0.25, -0.2) is 9.59 Å². The summed E-state index contributed by atoms with van der Waals surface area (Å²) < 4.78 is 21.6. The number of nitrogens with one attached hydrogen (secondary N) is 1. The fraction of sp³-hybridized carbons (Fsp3) is 0.520. The Balaban J connectivity index is 2.40. The van der Waals surface area contributed by atoms with E-state index in [1.165, 1.54) is 18.2 Å². The van der Waals surface area contributed by atoms with Gasteiger partial charge in [-0.15, -0.1) is 0 Å². The van der Waals surface area contributed by atoms with Gasteiger partial charge in [-0.05, 0) is 58.1 Å². The molecule has 11 heteroatoms. The minimum Gasteiger partial charge on any atom is -0.433 e. The van der Waals surface area contributed by atoms with Crippen molar-refractivity contribution in [3.63, 3.8) is 0 Å². The monoisotopic (exact) mass is 505 g/mol. The molecule has 0 radical (unpaired) electrons. The summed E-state index contributed by atoms with van der Waals surface area (Å²) in [6.07, 6.45) is -0.803. The van der Waals surface area contributed by atoms with Crippen LogP contribution in [0.25, 0.3) is 0 Å². The van der Waals surface area contributed by atoms with E-state index in [2.05, 4.69) is 5.32 Å². The molecule has 0 aliphatic carbocycles. The van der Waals surface area contributed by atoms with Gasteiger partial charge in [0, 0.05) is 12.1 Å². The molecule has 1 heterocycles. The first-order valence-electron chi connectivity index (χ1n) is 11.7. The van der Waals surface area contributed by atoms with Crippen LogP contribution in [0.4, 0.5) is 15.3 Å². The van der Waals surface area contributed by atoms with Gasteiger partial charge in [0.25, 0.3) is 5.69 Å². The molecule has 1 aliphatic rings. The minimum absolute atomic E-state index is 0.0813. The number of non-ortho nitro benzene ring substituents is 1. The first kappa shape index (κ1) is 28.6. The molecule has 0 bridgehead atoms. The Morgan fingerprint density at radius 3 is 2.31 bits per heavy atom. The van der Waals surface area contributed by atoms with Crippen LogP contribution in [-0.2, 0) is 18.9 Å². The van der Waals surface area contributed by atoms with Crippen LogP contribution < -0.4 is 11.1 Å². The number of benzene rings is 1. The maximum Gasteiger partial charge on any atom is 0.513 e. The van der Waals surface area contributed by atoms with E-state index in [1.807, 2.05) is 13.8 Å². The lowest BCUT2D eigenvalue weighted by molar-refractivity contribution is -0.384. The second-order valence-electron chi connectivity index (χ2n) is 9.60. The molecule has 0 fully saturated rings. The number of dihydropyridines is 1. The van der Waals surface area contributed by atoms with E-state index < -0.39 is 29.3 Å². The van der Waals surface area contributed by atoms with E-state index in [9.17, 15) is 19.7 Å². The molecule has 1 aliphatic heterocycles. The molecule has 0 spiro atoms. The molecule has 1 aromatic rings. The van der Waals surface area contributed by atoms with Gasteiger partial charge in [-0.2, -0.15) is 0 Å². The molecule has 0 saturated carbocycles. The molecule has 1 atom stereocenters. The standard InChI is InChI=1S/C25H35N3O8/c1-15(2)34-24(30)36-22-17(4)27-16(3)21(20(22)18-9-7-10-19(13-18)28(31)32)35-23(29)33-14-25(5,6)11-8-12-26/h7,9-10,13,15,20,27H,8,11-12,14,26H2,1-6H3. The number of rotatable bonds is 10. The van der Waals surface area contributed by atoms with Gasteiger partial charge in [0.1, 0.15) is 24.0 Å². The molecule has 2 rings (SSSR count). The van der Waals surface area contributed by atoms with Crippen molar-refractivity contribution in [2.24, 2.45) is 11.1 Å². The van der Waals surface area contributed by atoms with Crippen molar-refractivity contribution in [2.45, 2.75) is 66.4 Å². The summed E-state index contributed by atoms with van der Waals surface area (Å²) in [5.41, 5.74) is 6.38. The number of hydrogen-bond donors (Lipinski definition) is 2. The van der Waals surface area contributed by atoms with Gasteiger partial charge in [0.05, 0.1) is 22.4 Å². The summed E-state index contributed by atoms with van der Waals surface area (Å²) in [6, 6.07) is 5.78. The quantitative estimate of drug-likeness (QED) is 0.246. The molecule has 3 N–H and O–H groups in total. The summed E-state index contributed by atoms with van der Waals surface area (Å²) in [4.78, 5) is 35.9. The predicted octanol–water partition coefficient (Wildman–Crippen LogP) is 5.22. The third-order valence-electron chi connectivity index (χ3n) is 5.41. The first-order valence-corrected chi connectivity index (χ1v) is 11.7. The van der Waals surface area contributed by atoms with Gasteiger partial charge in [0.2, 0.25) is 0 Å². The van der Waals surface area contributed by atoms with Crippen molar-refractivity contribution >= 4 is 18.0 Å². The topological polar surface area (TPSA) is 152 Å². The van der Waals surface area contributed by atoms with Crippen LogP contribution in [0.3, 0.4) is 0 Å². The number of carbonyl (C=O) groups excluding carboxylic acids is 2. The number of nitro benzene ring substituents is 1. The van der Waals surface area contributed by atoms with Crippen molar-refractivity contribution in [3.05, 3.63) is 62.9 Å². The van der Waals surface area contributed by atoms with Crippen molar-refractivity contribution in [1.82, 2.24) is 5.32 Å². The van der Waals surface area contributed by atoms with Crippen LogP contribution in [0.2, 0.25) is 0 Å². The van der Waals surface area contributed by atoms with Crippen molar-refractivity contribution < 1.29 is 33.5 Å². The van der Waals surface area contributed by atoms with Crippen LogP contribution in [0.15, 0.2) is 47.2 Å². The number of nitrogens with zero attached hydrogens (tertiary/aromatic N) is 1. The van der Waals surface area contributed by atoms with Gasteiger partial charge in [-0.1, -0.05) is 26.0 Å². The minimum atomic E-state index is -0.959. The number of nitro groups is 1. The van der Waals surface area contributed by atoms with E-state index in [0.29, 0.717) is 23.5 Å². The van der Waals surface area contributed by atoms with Gasteiger partial charge < -0.3 is 30.0 Å². The number of ether oxygens (including phenoxy) is 4. The Labute approximate surface area is 210 Å². The lowest BCUT2D eigenvalue weighted by Crippen LogP contribution is -2.30. The summed E-state index contributed by atoms with van der Waals surface area (Å²) in [5, 5.41) is 14.4. The molecule has 11 nitrogen and oxygen atoms in total. The average molecular weight is 506 g/mol. The second kappa shape index (κ2) is 12.4. The Bertz CT molecular complexity index is 1050. The fourth-order valence-electron chi connectivity index (χ4n) is 3.68. The molecule has 1 unspecified atom stereocenters. The molecule has 36 heavy (non-hydrogen) atoms. The summed E-state index contributed by atoms with van der Waals surface area (Å²) in [7, 11) is 0. The lowest BCUT2D eigenvalue weighted by Gasteiger charge is -2.30. The van der Waals surface area contributed by atoms with E-state index in [0.717, 1.165) is 12.8 Å². The van der Waals surface area contributed by atoms with E-state index >= 15 is 0 Å². The molecular weight excluding hydrogens is 470 g/mol. The summed E-state index contributed by atoms with van der Waals surface area (Å²) in [6.45, 7) is 11.2. The molecule has 0 aromatic heterocycles. The number of nitrogens with two attached hydrogens (primary N) is 1. The zero-order valence-electron chi connectivity index (χ0n) is 21.6. The number of carbonyl (C=O) groups is 2. The third-order valence-corrected chi connectivity index (χ3v) is 5.41. The highest BCUT2D eigenvalue weighted by molar-refractivity contribution is 5.65. The largest absolute Gasteiger partial charge is 0.513 e. The van der Waals surface area contributed by atoms with Crippen LogP contribution in [0.1, 0.15) is 65.9 Å². The summed E-state index contributed by atoms with van der Waals surface area (Å²) >= 11 is 0. The van der Waals surface area contributed by atoms with Crippen LogP contribution >= 0.6 is 0 Å². The van der Waals surface area contributed by atoms with Crippen molar-refractivity contribution in [1.29, 1.82) is 0 Å². The van der Waals surface area contributed by atoms with E-state index in [4.69, 9.17) is 24.7 Å². The molecule has 1 aromatic carbocycles. The highest BCUT2D eigenvalue weighted by Crippen LogP contribution is 2.40.